The number of anilines is 1. The van der Waals surface area contributed by atoms with Crippen molar-refractivity contribution in [1.82, 2.24) is 14.8 Å². The summed E-state index contributed by atoms with van der Waals surface area (Å²) in [5.41, 5.74) is 0.845. The highest BCUT2D eigenvalue weighted by molar-refractivity contribution is 7.15. The Labute approximate surface area is 126 Å². The summed E-state index contributed by atoms with van der Waals surface area (Å²) in [6.45, 7) is 6.93. The van der Waals surface area contributed by atoms with Gasteiger partial charge in [-0.3, -0.25) is 19.7 Å². The van der Waals surface area contributed by atoms with Crippen LogP contribution in [0, 0.1) is 13.8 Å². The average Bonchev–Trinajstić information content (AvgIpc) is 2.76. The molecule has 0 saturated carbocycles. The highest BCUT2D eigenvalue weighted by atomic mass is 32.1. The summed E-state index contributed by atoms with van der Waals surface area (Å²) in [5, 5.41) is 2.97. The Morgan fingerprint density at radius 1 is 1.10 bits per heavy atom. The summed E-state index contributed by atoms with van der Waals surface area (Å²) in [5.74, 6) is -1.27. The van der Waals surface area contributed by atoms with E-state index in [2.05, 4.69) is 10.3 Å². The third-order valence-electron chi connectivity index (χ3n) is 3.46. The second kappa shape index (κ2) is 6.21. The van der Waals surface area contributed by atoms with Gasteiger partial charge in [0, 0.05) is 38.0 Å². The van der Waals surface area contributed by atoms with Gasteiger partial charge in [-0.2, -0.15) is 0 Å². The first-order valence-corrected chi connectivity index (χ1v) is 7.50. The molecule has 1 fully saturated rings. The van der Waals surface area contributed by atoms with Crippen LogP contribution in [0.25, 0.3) is 0 Å². The fourth-order valence-corrected chi connectivity index (χ4v) is 2.85. The number of aromatic nitrogens is 1. The predicted molar refractivity (Wildman–Crippen MR) is 79.1 cm³/mol. The van der Waals surface area contributed by atoms with Gasteiger partial charge in [-0.1, -0.05) is 0 Å². The molecule has 0 aliphatic carbocycles. The maximum absolute atomic E-state index is 12.1. The van der Waals surface area contributed by atoms with Crippen molar-refractivity contribution < 1.29 is 14.4 Å². The van der Waals surface area contributed by atoms with E-state index < -0.39 is 11.8 Å². The number of hydrogen-bond acceptors (Lipinski definition) is 5. The summed E-state index contributed by atoms with van der Waals surface area (Å²) in [4.78, 5) is 43.5. The van der Waals surface area contributed by atoms with Crippen LogP contribution in [0.4, 0.5) is 5.13 Å². The van der Waals surface area contributed by atoms with E-state index >= 15 is 0 Å². The number of thiazole rings is 1. The molecule has 0 spiro atoms. The summed E-state index contributed by atoms with van der Waals surface area (Å²) in [7, 11) is 0. The van der Waals surface area contributed by atoms with Crippen molar-refractivity contribution in [2.75, 3.05) is 31.5 Å². The maximum atomic E-state index is 12.1. The Balaban J connectivity index is 1.91. The van der Waals surface area contributed by atoms with E-state index in [4.69, 9.17) is 0 Å². The topological polar surface area (TPSA) is 82.6 Å². The largest absolute Gasteiger partial charge is 0.339 e. The molecule has 1 N–H and O–H groups in total. The van der Waals surface area contributed by atoms with Gasteiger partial charge in [0.15, 0.2) is 5.13 Å². The predicted octanol–water partition coefficient (Wildman–Crippen LogP) is 0.389. The molecule has 8 heteroatoms. The van der Waals surface area contributed by atoms with E-state index in [1.165, 1.54) is 23.2 Å². The number of carbonyl (C=O) groups is 3. The molecule has 2 rings (SSSR count). The van der Waals surface area contributed by atoms with E-state index in [-0.39, 0.29) is 5.91 Å². The van der Waals surface area contributed by atoms with Crippen LogP contribution in [-0.2, 0) is 14.4 Å². The van der Waals surface area contributed by atoms with Gasteiger partial charge < -0.3 is 9.80 Å². The molecule has 0 bridgehead atoms. The number of amides is 3. The number of piperazine rings is 1. The quantitative estimate of drug-likeness (QED) is 0.761. The molecule has 7 nitrogen and oxygen atoms in total. The fraction of sp³-hybridized carbons (Fsp3) is 0.538. The van der Waals surface area contributed by atoms with Crippen LogP contribution in [0.3, 0.4) is 0 Å². The zero-order valence-corrected chi connectivity index (χ0v) is 13.1. The molecule has 0 aromatic carbocycles. The number of rotatable bonds is 1. The molecule has 1 aromatic heterocycles. The first-order chi connectivity index (χ1) is 9.88. The second-order valence-corrected chi connectivity index (χ2v) is 6.12. The van der Waals surface area contributed by atoms with Crippen LogP contribution in [0.15, 0.2) is 0 Å². The molecule has 1 aliphatic heterocycles. The first kappa shape index (κ1) is 15.4. The Kier molecular flexibility index (Phi) is 4.56. The average molecular weight is 310 g/mol. The van der Waals surface area contributed by atoms with Crippen molar-refractivity contribution in [3.8, 4) is 0 Å². The van der Waals surface area contributed by atoms with Crippen molar-refractivity contribution in [2.45, 2.75) is 20.8 Å². The number of nitrogens with one attached hydrogen (secondary N) is 1. The summed E-state index contributed by atoms with van der Waals surface area (Å²) < 4.78 is 0. The Bertz CT molecular complexity index is 556. The molecule has 21 heavy (non-hydrogen) atoms. The lowest BCUT2D eigenvalue weighted by Crippen LogP contribution is -2.52. The van der Waals surface area contributed by atoms with Gasteiger partial charge in [0.1, 0.15) is 0 Å². The summed E-state index contributed by atoms with van der Waals surface area (Å²) >= 11 is 1.34. The van der Waals surface area contributed by atoms with Crippen molar-refractivity contribution in [3.63, 3.8) is 0 Å². The van der Waals surface area contributed by atoms with Crippen molar-refractivity contribution in [1.29, 1.82) is 0 Å². The van der Waals surface area contributed by atoms with Crippen molar-refractivity contribution >= 4 is 34.2 Å². The zero-order valence-electron chi connectivity index (χ0n) is 12.3. The van der Waals surface area contributed by atoms with E-state index in [1.807, 2.05) is 13.8 Å². The lowest BCUT2D eigenvalue weighted by atomic mass is 10.3. The van der Waals surface area contributed by atoms with Crippen LogP contribution >= 0.6 is 11.3 Å². The number of nitrogens with zero attached hydrogens (tertiary/aromatic N) is 3. The van der Waals surface area contributed by atoms with Crippen LogP contribution in [0.1, 0.15) is 17.5 Å². The van der Waals surface area contributed by atoms with E-state index in [1.54, 1.807) is 4.90 Å². The fourth-order valence-electron chi connectivity index (χ4n) is 2.04. The van der Waals surface area contributed by atoms with Gasteiger partial charge in [-0.15, -0.1) is 11.3 Å². The van der Waals surface area contributed by atoms with Gasteiger partial charge in [0.2, 0.25) is 5.91 Å². The number of hydrogen-bond donors (Lipinski definition) is 1. The van der Waals surface area contributed by atoms with Crippen LogP contribution in [-0.4, -0.2) is 58.7 Å². The molecule has 2 heterocycles. The first-order valence-electron chi connectivity index (χ1n) is 6.68. The van der Waals surface area contributed by atoms with E-state index in [0.29, 0.717) is 31.3 Å². The molecule has 114 valence electrons. The minimum absolute atomic E-state index is 0.0136. The van der Waals surface area contributed by atoms with Gasteiger partial charge in [0.25, 0.3) is 0 Å². The molecule has 1 aromatic rings. The number of carbonyl (C=O) groups excluding carboxylic acids is 3. The van der Waals surface area contributed by atoms with Crippen molar-refractivity contribution in [2.24, 2.45) is 0 Å². The summed E-state index contributed by atoms with van der Waals surface area (Å²) in [6.07, 6.45) is 0. The lowest BCUT2D eigenvalue weighted by Gasteiger charge is -2.33. The summed E-state index contributed by atoms with van der Waals surface area (Å²) in [6, 6.07) is 0. The molecule has 1 aliphatic rings. The molecule has 3 amide bonds. The van der Waals surface area contributed by atoms with Crippen LogP contribution < -0.4 is 5.32 Å². The highest BCUT2D eigenvalue weighted by Crippen LogP contribution is 2.21. The van der Waals surface area contributed by atoms with Gasteiger partial charge >= 0.3 is 11.8 Å². The Morgan fingerprint density at radius 3 is 2.14 bits per heavy atom. The van der Waals surface area contributed by atoms with Crippen LogP contribution in [0.5, 0.6) is 0 Å². The minimum atomic E-state index is -0.681. The monoisotopic (exact) mass is 310 g/mol. The van der Waals surface area contributed by atoms with Gasteiger partial charge in [-0.05, 0) is 13.8 Å². The van der Waals surface area contributed by atoms with E-state index in [9.17, 15) is 14.4 Å². The highest BCUT2D eigenvalue weighted by Gasteiger charge is 2.27. The smallest absolute Gasteiger partial charge is 0.315 e. The molecule has 1 saturated heterocycles. The maximum Gasteiger partial charge on any atom is 0.315 e. The molecular weight excluding hydrogens is 292 g/mol. The normalized spacial score (nSPS) is 15.0. The molecule has 0 radical (unpaired) electrons. The van der Waals surface area contributed by atoms with Crippen LogP contribution in [0.2, 0.25) is 0 Å². The molecule has 0 unspecified atom stereocenters. The Morgan fingerprint density at radius 2 is 1.67 bits per heavy atom. The lowest BCUT2D eigenvalue weighted by molar-refractivity contribution is -0.145. The standard InChI is InChI=1S/C13H18N4O3S/c1-8-9(2)21-13(14-8)15-11(19)12(20)17-6-4-16(5-7-17)10(3)18/h4-7H2,1-3H3,(H,14,15,19). The van der Waals surface area contributed by atoms with E-state index in [0.717, 1.165) is 10.6 Å². The van der Waals surface area contributed by atoms with Crippen molar-refractivity contribution in [3.05, 3.63) is 10.6 Å². The zero-order chi connectivity index (χ0) is 15.6. The molecule has 0 atom stereocenters. The number of aryl methyl sites for hydroxylation is 2. The SMILES string of the molecule is CC(=O)N1CCN(C(=O)C(=O)Nc2nc(C)c(C)s2)CC1. The third-order valence-corrected chi connectivity index (χ3v) is 4.44. The Hall–Kier alpha value is -1.96. The third kappa shape index (κ3) is 3.57. The minimum Gasteiger partial charge on any atom is -0.339 e. The van der Waals surface area contributed by atoms with Gasteiger partial charge in [-0.25, -0.2) is 4.98 Å². The van der Waals surface area contributed by atoms with Gasteiger partial charge in [0.05, 0.1) is 5.69 Å². The second-order valence-electron chi connectivity index (χ2n) is 4.91. The molecular formula is C13H18N4O3S.